The number of hydrogen-bond donors (Lipinski definition) is 3. The third-order valence-electron chi connectivity index (χ3n) is 10.5. The summed E-state index contributed by atoms with van der Waals surface area (Å²) in [5, 5.41) is 12.0. The summed E-state index contributed by atoms with van der Waals surface area (Å²) in [5.41, 5.74) is 5.51. The van der Waals surface area contributed by atoms with Crippen LogP contribution in [0.5, 0.6) is 0 Å². The predicted octanol–water partition coefficient (Wildman–Crippen LogP) is 8.17. The second-order valence-corrected chi connectivity index (χ2v) is 14.9. The Kier molecular flexibility index (Phi) is 6.32. The van der Waals surface area contributed by atoms with Crippen molar-refractivity contribution in [2.45, 2.75) is 76.2 Å². The van der Waals surface area contributed by atoms with Gasteiger partial charge in [-0.3, -0.25) is 9.80 Å². The molecule has 6 atom stereocenters. The molecule has 2 aliphatic carbocycles. The van der Waals surface area contributed by atoms with E-state index in [1.165, 1.54) is 0 Å². The number of aromatic amines is 2. The lowest BCUT2D eigenvalue weighted by molar-refractivity contribution is 0.0175. The van der Waals surface area contributed by atoms with E-state index in [1.54, 1.807) is 4.90 Å². The Labute approximate surface area is 278 Å². The second-order valence-electron chi connectivity index (χ2n) is 14.9. The van der Waals surface area contributed by atoms with Gasteiger partial charge in [0.2, 0.25) is 0 Å². The molecule has 9 rings (SSSR count). The number of nitrogens with one attached hydrogen (secondary N) is 2. The van der Waals surface area contributed by atoms with E-state index in [-0.39, 0.29) is 30.3 Å². The van der Waals surface area contributed by atoms with Gasteiger partial charge in [0.05, 0.1) is 35.9 Å². The number of fused-ring (bicyclic) bond motifs is 3. The van der Waals surface area contributed by atoms with E-state index < -0.39 is 11.7 Å². The maximum absolute atomic E-state index is 13.1. The second kappa shape index (κ2) is 10.4. The number of ether oxygens (including phenoxy) is 1. The zero-order chi connectivity index (χ0) is 32.9. The summed E-state index contributed by atoms with van der Waals surface area (Å²) >= 11 is 0. The van der Waals surface area contributed by atoms with Crippen molar-refractivity contribution in [2.75, 3.05) is 0 Å². The molecule has 3 N–H and O–H groups in total. The van der Waals surface area contributed by atoms with Crippen molar-refractivity contribution in [3.63, 3.8) is 0 Å². The number of benzene rings is 3. The fraction of sp³-hybridized carbons (Fsp3) is 0.368. The van der Waals surface area contributed by atoms with Gasteiger partial charge in [-0.2, -0.15) is 0 Å². The maximum Gasteiger partial charge on any atom is 0.411 e. The SMILES string of the molecule is CC(C)(C)OC(=O)N1[C@@H](c2ncc(-c3ccc4cc(-c5cccc(-c6cnc([C@@H]7C[C@H]8C[C@H]8N7C(=O)O)[nH]6)c5)ccc4c3)[nH]2)C[C@H]2C[C@@H]21. The Morgan fingerprint density at radius 1 is 0.729 bits per heavy atom. The Morgan fingerprint density at radius 3 is 1.88 bits per heavy atom. The minimum Gasteiger partial charge on any atom is -0.465 e. The molecule has 2 aromatic heterocycles. The summed E-state index contributed by atoms with van der Waals surface area (Å²) in [6, 6.07) is 21.3. The summed E-state index contributed by atoms with van der Waals surface area (Å²) in [7, 11) is 0. The third kappa shape index (κ3) is 5.01. The molecule has 48 heavy (non-hydrogen) atoms. The first kappa shape index (κ1) is 29.1. The van der Waals surface area contributed by atoms with Crippen LogP contribution >= 0.6 is 0 Å². The Bertz CT molecular complexity index is 2090. The molecular weight excluding hydrogens is 604 g/mol. The fourth-order valence-electron chi connectivity index (χ4n) is 8.02. The summed E-state index contributed by atoms with van der Waals surface area (Å²) in [6.45, 7) is 5.70. The van der Waals surface area contributed by atoms with Crippen LogP contribution in [0.4, 0.5) is 9.59 Å². The number of piperidine rings is 2. The number of imidazole rings is 2. The minimum atomic E-state index is -0.866. The number of aromatic nitrogens is 4. The first-order valence-electron chi connectivity index (χ1n) is 16.9. The van der Waals surface area contributed by atoms with Crippen molar-refractivity contribution in [2.24, 2.45) is 11.8 Å². The molecular formula is C38H38N6O4. The highest BCUT2D eigenvalue weighted by Crippen LogP contribution is 2.54. The van der Waals surface area contributed by atoms with E-state index in [0.29, 0.717) is 11.8 Å². The Morgan fingerprint density at radius 2 is 1.25 bits per heavy atom. The highest BCUT2D eigenvalue weighted by Gasteiger charge is 2.57. The van der Waals surface area contributed by atoms with Gasteiger partial charge in [-0.05, 0) is 98.4 Å². The molecule has 2 saturated carbocycles. The maximum atomic E-state index is 13.1. The van der Waals surface area contributed by atoms with E-state index in [2.05, 4.69) is 69.5 Å². The Balaban J connectivity index is 0.936. The monoisotopic (exact) mass is 642 g/mol. The van der Waals surface area contributed by atoms with E-state index in [9.17, 15) is 14.7 Å². The molecule has 0 unspecified atom stereocenters. The summed E-state index contributed by atoms with van der Waals surface area (Å²) in [6.07, 6.45) is 6.29. The van der Waals surface area contributed by atoms with Gasteiger partial charge in [0.25, 0.3) is 0 Å². The van der Waals surface area contributed by atoms with Crippen molar-refractivity contribution in [3.05, 3.63) is 84.7 Å². The van der Waals surface area contributed by atoms with Crippen molar-refractivity contribution < 1.29 is 19.4 Å². The zero-order valence-electron chi connectivity index (χ0n) is 27.2. The van der Waals surface area contributed by atoms with Gasteiger partial charge in [-0.15, -0.1) is 0 Å². The van der Waals surface area contributed by atoms with E-state index in [1.807, 2.05) is 44.1 Å². The predicted molar refractivity (Wildman–Crippen MR) is 181 cm³/mol. The summed E-state index contributed by atoms with van der Waals surface area (Å²) in [5.74, 6) is 2.51. The summed E-state index contributed by atoms with van der Waals surface area (Å²) < 4.78 is 5.74. The molecule has 3 aromatic carbocycles. The lowest BCUT2D eigenvalue weighted by atomic mass is 9.98. The minimum absolute atomic E-state index is 0.0998. The quantitative estimate of drug-likeness (QED) is 0.177. The Hall–Kier alpha value is -5.12. The number of amides is 2. The van der Waals surface area contributed by atoms with Crippen LogP contribution in [0.25, 0.3) is 44.4 Å². The van der Waals surface area contributed by atoms with Crippen molar-refractivity contribution in [1.82, 2.24) is 29.7 Å². The number of nitrogens with zero attached hydrogens (tertiary/aromatic N) is 4. The smallest absolute Gasteiger partial charge is 0.411 e. The van der Waals surface area contributed by atoms with Crippen molar-refractivity contribution in [1.29, 1.82) is 0 Å². The molecule has 10 nitrogen and oxygen atoms in total. The number of hydrogen-bond acceptors (Lipinski definition) is 5. The van der Waals surface area contributed by atoms with Crippen LogP contribution in [0.2, 0.25) is 0 Å². The topological polar surface area (TPSA) is 127 Å². The van der Waals surface area contributed by atoms with Crippen LogP contribution in [-0.2, 0) is 4.74 Å². The number of carbonyl (C=O) groups excluding carboxylic acids is 1. The third-order valence-corrected chi connectivity index (χ3v) is 10.5. The normalized spacial score (nSPS) is 25.6. The average Bonchev–Trinajstić information content (AvgIpc) is 3.65. The van der Waals surface area contributed by atoms with Crippen LogP contribution in [0.3, 0.4) is 0 Å². The number of rotatable bonds is 5. The number of carbonyl (C=O) groups is 2. The highest BCUT2D eigenvalue weighted by molar-refractivity contribution is 5.91. The molecule has 4 heterocycles. The first-order valence-corrected chi connectivity index (χ1v) is 16.9. The van der Waals surface area contributed by atoms with Gasteiger partial charge in [0.1, 0.15) is 17.2 Å². The first-order chi connectivity index (χ1) is 23.1. The molecule has 4 fully saturated rings. The molecule has 0 spiro atoms. The molecule has 4 aliphatic rings. The standard InChI is InChI=1S/C38H38N6O4/c1-38(2,3)48-37(47)44-31-15-27(31)17-33(44)35-40-19-29(42-35)25-10-9-22-11-21(7-8-23(22)13-25)20-5-4-6-24(12-20)28-18-39-34(41-28)32-16-26-14-30(26)43(32)36(45)46/h4-13,18-19,26-27,30-33H,14-17H2,1-3H3,(H,39,41)(H,40,42)(H,45,46)/t26-,27-,30-,31+,32+,33-/m1/s1. The van der Waals surface area contributed by atoms with Crippen LogP contribution in [0.1, 0.15) is 70.2 Å². The molecule has 2 amide bonds. The van der Waals surface area contributed by atoms with E-state index in [4.69, 9.17) is 9.72 Å². The van der Waals surface area contributed by atoms with Gasteiger partial charge in [-0.25, -0.2) is 19.6 Å². The van der Waals surface area contributed by atoms with Crippen LogP contribution in [0.15, 0.2) is 73.1 Å². The van der Waals surface area contributed by atoms with Gasteiger partial charge in [0.15, 0.2) is 0 Å². The average molecular weight is 643 g/mol. The van der Waals surface area contributed by atoms with Crippen molar-refractivity contribution >= 4 is 23.0 Å². The van der Waals surface area contributed by atoms with Crippen LogP contribution in [0, 0.1) is 11.8 Å². The molecule has 5 aromatic rings. The molecule has 0 bridgehead atoms. The lowest BCUT2D eigenvalue weighted by Crippen LogP contribution is -2.38. The van der Waals surface area contributed by atoms with Crippen LogP contribution < -0.4 is 0 Å². The zero-order valence-corrected chi connectivity index (χ0v) is 27.2. The summed E-state index contributed by atoms with van der Waals surface area (Å²) in [4.78, 5) is 44.7. The molecule has 244 valence electrons. The van der Waals surface area contributed by atoms with Crippen LogP contribution in [-0.4, -0.2) is 64.7 Å². The molecule has 10 heteroatoms. The van der Waals surface area contributed by atoms with Gasteiger partial charge < -0.3 is 19.8 Å². The number of carboxylic acid groups (broad SMARTS) is 1. The van der Waals surface area contributed by atoms with Gasteiger partial charge in [-0.1, -0.05) is 42.5 Å². The largest absolute Gasteiger partial charge is 0.465 e. The highest BCUT2D eigenvalue weighted by atomic mass is 16.6. The number of H-pyrrole nitrogens is 2. The van der Waals surface area contributed by atoms with E-state index >= 15 is 0 Å². The van der Waals surface area contributed by atoms with E-state index in [0.717, 1.165) is 81.7 Å². The van der Waals surface area contributed by atoms with Gasteiger partial charge in [0, 0.05) is 23.2 Å². The molecule has 2 aliphatic heterocycles. The lowest BCUT2D eigenvalue weighted by Gasteiger charge is -2.29. The van der Waals surface area contributed by atoms with Crippen molar-refractivity contribution in [3.8, 4) is 33.6 Å². The molecule has 0 radical (unpaired) electrons. The number of likely N-dealkylation sites (tertiary alicyclic amines) is 2. The fourth-order valence-corrected chi connectivity index (χ4v) is 8.02. The molecule has 2 saturated heterocycles. The van der Waals surface area contributed by atoms with Gasteiger partial charge >= 0.3 is 12.2 Å².